The highest BCUT2D eigenvalue weighted by Crippen LogP contribution is 2.55. The average Bonchev–Trinajstić information content (AvgIpc) is 3.22. The number of benzene rings is 1. The van der Waals surface area contributed by atoms with Crippen LogP contribution < -0.4 is 9.47 Å². The molecule has 0 saturated heterocycles. The lowest BCUT2D eigenvalue weighted by molar-refractivity contribution is -0.00646. The fourth-order valence-corrected chi connectivity index (χ4v) is 4.65. The van der Waals surface area contributed by atoms with Crippen LogP contribution in [0.3, 0.4) is 0 Å². The topological polar surface area (TPSA) is 40.2 Å². The lowest BCUT2D eigenvalue weighted by Crippen LogP contribution is -2.52. The molecule has 1 aromatic rings. The third-order valence-corrected chi connectivity index (χ3v) is 5.85. The fraction of sp³-hybridized carbons (Fsp3) is 0.474. The van der Waals surface area contributed by atoms with E-state index in [0.29, 0.717) is 0 Å². The molecule has 0 aromatic heterocycles. The molecule has 0 bridgehead atoms. The molecule has 0 fully saturated rings. The zero-order valence-corrected chi connectivity index (χ0v) is 14.0. The van der Waals surface area contributed by atoms with E-state index >= 15 is 0 Å². The smallest absolute Gasteiger partial charge is 0.231 e. The van der Waals surface area contributed by atoms with Gasteiger partial charge >= 0.3 is 0 Å². The van der Waals surface area contributed by atoms with E-state index in [-0.39, 0.29) is 24.5 Å². The van der Waals surface area contributed by atoms with E-state index in [2.05, 4.69) is 35.3 Å². The summed E-state index contributed by atoms with van der Waals surface area (Å²) in [7, 11) is 3.56. The first-order valence-corrected chi connectivity index (χ1v) is 8.40. The van der Waals surface area contributed by atoms with Crippen LogP contribution in [-0.2, 0) is 15.0 Å². The number of methoxy groups -OCH3 is 2. The molecule has 0 radical (unpaired) electrons. The first kappa shape index (κ1) is 14.5. The van der Waals surface area contributed by atoms with Gasteiger partial charge in [0, 0.05) is 33.7 Å². The lowest BCUT2D eigenvalue weighted by Gasteiger charge is -2.50. The van der Waals surface area contributed by atoms with Crippen molar-refractivity contribution in [2.24, 2.45) is 0 Å². The number of fused-ring (bicyclic) bond motifs is 2. The van der Waals surface area contributed by atoms with Crippen molar-refractivity contribution in [2.75, 3.05) is 34.1 Å². The molecule has 0 N–H and O–H groups in total. The SMILES string of the molecule is CO[C@@H]1C=CC2=CCN3C[C@@H](OC)c4cc5c(cc4[C@]23C1)OCO5. The van der Waals surface area contributed by atoms with Crippen molar-refractivity contribution in [2.45, 2.75) is 24.2 Å². The van der Waals surface area contributed by atoms with Gasteiger partial charge in [0.25, 0.3) is 0 Å². The molecule has 0 unspecified atom stereocenters. The van der Waals surface area contributed by atoms with Gasteiger partial charge in [-0.1, -0.05) is 18.2 Å². The number of ether oxygens (including phenoxy) is 4. The average molecular weight is 327 g/mol. The summed E-state index contributed by atoms with van der Waals surface area (Å²) in [4.78, 5) is 2.51. The quantitative estimate of drug-likeness (QED) is 0.835. The Balaban J connectivity index is 1.73. The second-order valence-electron chi connectivity index (χ2n) is 6.78. The first-order chi connectivity index (χ1) is 11.8. The van der Waals surface area contributed by atoms with Crippen molar-refractivity contribution in [1.82, 2.24) is 4.90 Å². The lowest BCUT2D eigenvalue weighted by atomic mass is 9.70. The maximum Gasteiger partial charge on any atom is 0.231 e. The Morgan fingerprint density at radius 3 is 2.79 bits per heavy atom. The maximum absolute atomic E-state index is 5.80. The third kappa shape index (κ3) is 1.75. The van der Waals surface area contributed by atoms with Crippen LogP contribution in [0.4, 0.5) is 0 Å². The number of nitrogens with zero attached hydrogens (tertiary/aromatic N) is 1. The fourth-order valence-electron chi connectivity index (χ4n) is 4.65. The maximum atomic E-state index is 5.80. The first-order valence-electron chi connectivity index (χ1n) is 8.40. The van der Waals surface area contributed by atoms with Crippen molar-refractivity contribution >= 4 is 0 Å². The van der Waals surface area contributed by atoms with E-state index in [9.17, 15) is 0 Å². The summed E-state index contributed by atoms with van der Waals surface area (Å²) in [5.41, 5.74) is 3.67. The molecule has 1 spiro atoms. The Labute approximate surface area is 141 Å². The van der Waals surface area contributed by atoms with Gasteiger partial charge in [-0.3, -0.25) is 4.90 Å². The van der Waals surface area contributed by atoms with Crippen molar-refractivity contribution in [3.63, 3.8) is 0 Å². The Bertz CT molecular complexity index is 756. The summed E-state index contributed by atoms with van der Waals surface area (Å²) < 4.78 is 22.7. The van der Waals surface area contributed by atoms with Crippen LogP contribution in [0.25, 0.3) is 0 Å². The predicted molar refractivity (Wildman–Crippen MR) is 88.2 cm³/mol. The zero-order chi connectivity index (χ0) is 16.3. The van der Waals surface area contributed by atoms with Gasteiger partial charge in [-0.05, 0) is 28.8 Å². The van der Waals surface area contributed by atoms with Crippen LogP contribution in [0.15, 0.2) is 35.9 Å². The standard InChI is InChI=1S/C19H21NO4/c1-21-13-4-3-12-5-6-20-10-18(22-2)14-7-16-17(24-11-23-16)8-15(14)19(12,20)9-13/h3-5,7-8,13,18H,6,9-11H2,1-2H3/t13-,18-,19+/m1/s1. The summed E-state index contributed by atoms with van der Waals surface area (Å²) in [6.45, 7) is 2.09. The van der Waals surface area contributed by atoms with Crippen molar-refractivity contribution in [3.05, 3.63) is 47.1 Å². The molecule has 0 saturated carbocycles. The Hall–Kier alpha value is -1.82. The van der Waals surface area contributed by atoms with Crippen molar-refractivity contribution in [1.29, 1.82) is 0 Å². The van der Waals surface area contributed by atoms with E-state index in [1.54, 1.807) is 14.2 Å². The van der Waals surface area contributed by atoms with E-state index in [1.807, 2.05) is 0 Å². The van der Waals surface area contributed by atoms with Gasteiger partial charge in [0.15, 0.2) is 11.5 Å². The summed E-state index contributed by atoms with van der Waals surface area (Å²) >= 11 is 0. The second kappa shape index (κ2) is 5.09. The van der Waals surface area contributed by atoms with Gasteiger partial charge in [-0.25, -0.2) is 0 Å². The van der Waals surface area contributed by atoms with Crippen LogP contribution in [0.5, 0.6) is 11.5 Å². The van der Waals surface area contributed by atoms with E-state index in [1.165, 1.54) is 16.7 Å². The molecule has 1 aliphatic carbocycles. The second-order valence-corrected chi connectivity index (χ2v) is 6.78. The Morgan fingerprint density at radius 2 is 2.00 bits per heavy atom. The summed E-state index contributed by atoms with van der Waals surface area (Å²) in [6, 6.07) is 4.26. The van der Waals surface area contributed by atoms with Gasteiger partial charge in [0.05, 0.1) is 17.7 Å². The van der Waals surface area contributed by atoms with Crippen LogP contribution in [0, 0.1) is 0 Å². The van der Waals surface area contributed by atoms with Crippen LogP contribution in [-0.4, -0.2) is 45.1 Å². The highest BCUT2D eigenvalue weighted by Gasteiger charge is 2.52. The van der Waals surface area contributed by atoms with Crippen molar-refractivity contribution < 1.29 is 18.9 Å². The monoisotopic (exact) mass is 327 g/mol. The number of hydrogen-bond acceptors (Lipinski definition) is 5. The number of hydrogen-bond donors (Lipinski definition) is 0. The molecule has 126 valence electrons. The molecule has 5 rings (SSSR count). The van der Waals surface area contributed by atoms with Gasteiger partial charge in [-0.15, -0.1) is 0 Å². The third-order valence-electron chi connectivity index (χ3n) is 5.85. The Kier molecular flexibility index (Phi) is 3.08. The largest absolute Gasteiger partial charge is 0.454 e. The summed E-state index contributed by atoms with van der Waals surface area (Å²) in [5, 5.41) is 0. The molecular weight excluding hydrogens is 306 g/mol. The van der Waals surface area contributed by atoms with Gasteiger partial charge < -0.3 is 18.9 Å². The van der Waals surface area contributed by atoms with E-state index in [4.69, 9.17) is 18.9 Å². The van der Waals surface area contributed by atoms with Gasteiger partial charge in [-0.2, -0.15) is 0 Å². The van der Waals surface area contributed by atoms with Crippen LogP contribution >= 0.6 is 0 Å². The minimum Gasteiger partial charge on any atom is -0.454 e. The molecule has 5 nitrogen and oxygen atoms in total. The normalized spacial score (nSPS) is 33.0. The molecule has 3 heterocycles. The molecule has 0 amide bonds. The van der Waals surface area contributed by atoms with Crippen LogP contribution in [0.1, 0.15) is 23.7 Å². The van der Waals surface area contributed by atoms with Crippen molar-refractivity contribution in [3.8, 4) is 11.5 Å². The van der Waals surface area contributed by atoms with Gasteiger partial charge in [0.2, 0.25) is 6.79 Å². The molecule has 1 aromatic carbocycles. The highest BCUT2D eigenvalue weighted by molar-refractivity contribution is 5.58. The molecule has 3 atom stereocenters. The summed E-state index contributed by atoms with van der Waals surface area (Å²) in [6.07, 6.45) is 7.78. The van der Waals surface area contributed by atoms with Gasteiger partial charge in [0.1, 0.15) is 0 Å². The molecule has 5 heteroatoms. The number of rotatable bonds is 2. The van der Waals surface area contributed by atoms with Crippen LogP contribution in [0.2, 0.25) is 0 Å². The van der Waals surface area contributed by atoms with E-state index < -0.39 is 0 Å². The molecule has 3 aliphatic heterocycles. The highest BCUT2D eigenvalue weighted by atomic mass is 16.7. The predicted octanol–water partition coefficient (Wildman–Crippen LogP) is 2.53. The zero-order valence-electron chi connectivity index (χ0n) is 14.0. The minimum absolute atomic E-state index is 0.0415. The molecule has 24 heavy (non-hydrogen) atoms. The van der Waals surface area contributed by atoms with E-state index in [0.717, 1.165) is 31.0 Å². The molecular formula is C19H21NO4. The summed E-state index contributed by atoms with van der Waals surface area (Å²) in [5.74, 6) is 1.65. The molecule has 4 aliphatic rings. The Morgan fingerprint density at radius 1 is 1.17 bits per heavy atom. The minimum atomic E-state index is -0.152.